The van der Waals surface area contributed by atoms with Crippen molar-refractivity contribution in [3.05, 3.63) is 44.5 Å². The molecule has 0 saturated carbocycles. The van der Waals surface area contributed by atoms with Crippen molar-refractivity contribution in [1.82, 2.24) is 10.2 Å². The first-order chi connectivity index (χ1) is 16.6. The van der Waals surface area contributed by atoms with Gasteiger partial charge >= 0.3 is 6.03 Å². The van der Waals surface area contributed by atoms with Crippen LogP contribution in [0.25, 0.3) is 0 Å². The molecule has 9 nitrogen and oxygen atoms in total. The fraction of sp³-hybridized carbons (Fsp3) is 0.391. The average Bonchev–Trinajstić information content (AvgIpc) is 3.19. The number of primary amides is 1. The molecule has 1 fully saturated rings. The lowest BCUT2D eigenvalue weighted by Crippen LogP contribution is -2.66. The molecule has 0 radical (unpaired) electrons. The molecule has 5 N–H and O–H groups in total. The van der Waals surface area contributed by atoms with Gasteiger partial charge in [-0.2, -0.15) is 0 Å². The normalized spacial score (nSPS) is 18.0. The Hall–Kier alpha value is -2.89. The predicted molar refractivity (Wildman–Crippen MR) is 138 cm³/mol. The van der Waals surface area contributed by atoms with Gasteiger partial charge in [-0.05, 0) is 30.5 Å². The number of nitrogens with two attached hydrogens (primary N) is 1. The number of nitrogens with one attached hydrogen (secondary N) is 3. The lowest BCUT2D eigenvalue weighted by Gasteiger charge is -2.43. The largest absolute Gasteiger partial charge is 0.370 e. The highest BCUT2D eigenvalue weighted by atomic mass is 35.5. The molecule has 3 rings (SSSR count). The third-order valence-electron chi connectivity index (χ3n) is 5.68. The second kappa shape index (κ2) is 10.2. The second-order valence-corrected chi connectivity index (χ2v) is 11.3. The van der Waals surface area contributed by atoms with Gasteiger partial charge < -0.3 is 21.3 Å². The highest BCUT2D eigenvalue weighted by molar-refractivity contribution is 7.16. The van der Waals surface area contributed by atoms with Gasteiger partial charge in [-0.1, -0.05) is 44.0 Å². The minimum atomic E-state index is -1.50. The first-order valence-electron chi connectivity index (χ1n) is 10.9. The van der Waals surface area contributed by atoms with Crippen LogP contribution >= 0.6 is 34.5 Å². The van der Waals surface area contributed by atoms with Crippen molar-refractivity contribution in [2.75, 3.05) is 23.7 Å². The molecule has 13 heteroatoms. The van der Waals surface area contributed by atoms with Crippen LogP contribution in [-0.4, -0.2) is 47.3 Å². The van der Waals surface area contributed by atoms with Crippen LogP contribution in [0.5, 0.6) is 0 Å². The topological polar surface area (TPSA) is 134 Å². The lowest BCUT2D eigenvalue weighted by molar-refractivity contribution is -0.138. The fourth-order valence-corrected chi connectivity index (χ4v) is 5.19. The number of hydrogen-bond donors (Lipinski definition) is 4. The Balaban J connectivity index is 1.97. The Bertz CT molecular complexity index is 1250. The zero-order valence-corrected chi connectivity index (χ0v) is 22.4. The quantitative estimate of drug-likeness (QED) is 0.406. The van der Waals surface area contributed by atoms with Crippen LogP contribution in [0.3, 0.4) is 0 Å². The molecule has 0 aliphatic carbocycles. The van der Waals surface area contributed by atoms with Crippen LogP contribution in [0, 0.1) is 5.82 Å². The van der Waals surface area contributed by atoms with Crippen molar-refractivity contribution >= 4 is 69.0 Å². The van der Waals surface area contributed by atoms with Crippen LogP contribution in [0.15, 0.2) is 18.2 Å². The van der Waals surface area contributed by atoms with Crippen molar-refractivity contribution < 1.29 is 23.6 Å². The first kappa shape index (κ1) is 27.7. The number of benzene rings is 1. The van der Waals surface area contributed by atoms with E-state index in [-0.39, 0.29) is 51.2 Å². The molecule has 0 bridgehead atoms. The molecule has 0 spiro atoms. The van der Waals surface area contributed by atoms with Crippen molar-refractivity contribution in [3.63, 3.8) is 0 Å². The number of anilines is 2. The number of rotatable bonds is 5. The summed E-state index contributed by atoms with van der Waals surface area (Å²) >= 11 is 13.0. The van der Waals surface area contributed by atoms with Gasteiger partial charge in [0.1, 0.15) is 16.4 Å². The summed E-state index contributed by atoms with van der Waals surface area (Å²) in [4.78, 5) is 53.0. The number of urea groups is 1. The molecule has 1 unspecified atom stereocenters. The molecule has 194 valence electrons. The standard InChI is InChI=1S/C23H26Cl2FN5O4S/c1-22(2,3)14-9-11(19(33)31-8-7-28-20(34)23(31,4)10-15(27)32)18(36-14)30-21(35)29-13-6-5-12(26)16(24)17(13)25/h5-6,9H,7-8,10H2,1-4H3,(H2,27,32)(H,28,34)(H2,29,30,35). The molecule has 1 aromatic carbocycles. The van der Waals surface area contributed by atoms with E-state index in [0.29, 0.717) is 0 Å². The van der Waals surface area contributed by atoms with Crippen LogP contribution in [0.2, 0.25) is 10.0 Å². The number of halogens is 3. The predicted octanol–water partition coefficient (Wildman–Crippen LogP) is 4.34. The highest BCUT2D eigenvalue weighted by Crippen LogP contribution is 2.38. The molecule has 36 heavy (non-hydrogen) atoms. The summed E-state index contributed by atoms with van der Waals surface area (Å²) in [6.45, 7) is 7.65. The zero-order chi connectivity index (χ0) is 27.0. The van der Waals surface area contributed by atoms with Crippen molar-refractivity contribution in [2.45, 2.75) is 45.1 Å². The minimum absolute atomic E-state index is 0.0720. The summed E-state index contributed by atoms with van der Waals surface area (Å²) in [6.07, 6.45) is -0.367. The minimum Gasteiger partial charge on any atom is -0.370 e. The van der Waals surface area contributed by atoms with Crippen molar-refractivity contribution in [2.24, 2.45) is 5.73 Å². The third kappa shape index (κ3) is 5.58. The molecule has 2 heterocycles. The SMILES string of the molecule is CC(C)(C)c1cc(C(=O)N2CCNC(=O)C2(C)CC(N)=O)c(NC(=O)Nc2ccc(F)c(Cl)c2Cl)s1. The molecular weight excluding hydrogens is 532 g/mol. The Kier molecular flexibility index (Phi) is 7.87. The Morgan fingerprint density at radius 3 is 2.50 bits per heavy atom. The number of amides is 5. The zero-order valence-electron chi connectivity index (χ0n) is 20.1. The third-order valence-corrected chi connectivity index (χ3v) is 8.02. The van der Waals surface area contributed by atoms with E-state index >= 15 is 0 Å². The van der Waals surface area contributed by atoms with Gasteiger partial charge in [0.15, 0.2) is 0 Å². The lowest BCUT2D eigenvalue weighted by atomic mass is 9.90. The molecular formula is C23H26Cl2FN5O4S. The Labute approximate surface area is 221 Å². The molecule has 2 aromatic rings. The van der Waals surface area contributed by atoms with E-state index in [1.54, 1.807) is 6.07 Å². The highest BCUT2D eigenvalue weighted by Gasteiger charge is 2.46. The molecule has 1 aliphatic heterocycles. The van der Waals surface area contributed by atoms with E-state index in [0.717, 1.165) is 10.9 Å². The van der Waals surface area contributed by atoms with Crippen LogP contribution in [-0.2, 0) is 15.0 Å². The molecule has 1 saturated heterocycles. The molecule has 1 aliphatic rings. The molecule has 1 atom stereocenters. The number of thiophene rings is 1. The summed E-state index contributed by atoms with van der Waals surface area (Å²) in [7, 11) is 0. The average molecular weight is 558 g/mol. The van der Waals surface area contributed by atoms with E-state index in [9.17, 15) is 23.6 Å². The van der Waals surface area contributed by atoms with Gasteiger partial charge in [-0.25, -0.2) is 9.18 Å². The summed E-state index contributed by atoms with van der Waals surface area (Å²) in [6, 6.07) is 3.22. The maximum Gasteiger partial charge on any atom is 0.324 e. The maximum atomic E-state index is 13.7. The maximum absolute atomic E-state index is 13.7. The van der Waals surface area contributed by atoms with Gasteiger partial charge in [-0.15, -0.1) is 11.3 Å². The monoisotopic (exact) mass is 557 g/mol. The summed E-state index contributed by atoms with van der Waals surface area (Å²) in [5.41, 5.74) is 3.73. The first-order valence-corrected chi connectivity index (χ1v) is 12.5. The van der Waals surface area contributed by atoms with E-state index < -0.39 is 35.1 Å². The van der Waals surface area contributed by atoms with E-state index in [1.165, 1.54) is 29.2 Å². The van der Waals surface area contributed by atoms with Crippen LogP contribution in [0.1, 0.15) is 49.4 Å². The van der Waals surface area contributed by atoms with Gasteiger partial charge in [-0.3, -0.25) is 19.7 Å². The van der Waals surface area contributed by atoms with Gasteiger partial charge in [0.05, 0.1) is 27.7 Å². The number of carbonyl (C=O) groups is 4. The van der Waals surface area contributed by atoms with Gasteiger partial charge in [0.2, 0.25) is 11.8 Å². The fourth-order valence-electron chi connectivity index (χ4n) is 3.72. The number of carbonyl (C=O) groups excluding carboxylic acids is 4. The summed E-state index contributed by atoms with van der Waals surface area (Å²) in [5.74, 6) is -2.51. The Morgan fingerprint density at radius 1 is 1.22 bits per heavy atom. The van der Waals surface area contributed by atoms with Gasteiger partial charge in [0.25, 0.3) is 5.91 Å². The smallest absolute Gasteiger partial charge is 0.324 e. The van der Waals surface area contributed by atoms with E-state index in [2.05, 4.69) is 16.0 Å². The van der Waals surface area contributed by atoms with E-state index in [1.807, 2.05) is 20.8 Å². The number of piperazine rings is 1. The number of nitrogens with zero attached hydrogens (tertiary/aromatic N) is 1. The van der Waals surface area contributed by atoms with Crippen LogP contribution in [0.4, 0.5) is 19.9 Å². The second-order valence-electron chi connectivity index (χ2n) is 9.54. The van der Waals surface area contributed by atoms with Gasteiger partial charge in [0, 0.05) is 18.0 Å². The van der Waals surface area contributed by atoms with Crippen LogP contribution < -0.4 is 21.7 Å². The Morgan fingerprint density at radius 2 is 1.89 bits per heavy atom. The van der Waals surface area contributed by atoms with Crippen molar-refractivity contribution in [3.8, 4) is 0 Å². The summed E-state index contributed by atoms with van der Waals surface area (Å²) < 4.78 is 13.6. The number of hydrogen-bond acceptors (Lipinski definition) is 5. The molecule has 5 amide bonds. The summed E-state index contributed by atoms with van der Waals surface area (Å²) in [5, 5.41) is 7.51. The van der Waals surface area contributed by atoms with E-state index in [4.69, 9.17) is 28.9 Å². The molecule has 1 aromatic heterocycles. The van der Waals surface area contributed by atoms with Crippen molar-refractivity contribution in [1.29, 1.82) is 0 Å².